The van der Waals surface area contributed by atoms with E-state index in [1.807, 2.05) is 31.2 Å². The molecule has 0 radical (unpaired) electrons. The molecule has 2 heterocycles. The number of para-hydroxylation sites is 3. The van der Waals surface area contributed by atoms with Gasteiger partial charge in [-0.1, -0.05) is 37.3 Å². The molecule has 0 bridgehead atoms. The van der Waals surface area contributed by atoms with Crippen LogP contribution in [0, 0.1) is 0 Å². The van der Waals surface area contributed by atoms with Crippen molar-refractivity contribution < 1.29 is 23.5 Å². The SMILES string of the molecule is CCCOc1ccccc1N1C(=O)C(SCc2ccco2)=C(c2ccccc2OC)C1=O. The average Bonchev–Trinajstić information content (AvgIpc) is 3.42. The van der Waals surface area contributed by atoms with Gasteiger partial charge in [0.05, 0.1) is 41.9 Å². The summed E-state index contributed by atoms with van der Waals surface area (Å²) in [5, 5.41) is 0. The summed E-state index contributed by atoms with van der Waals surface area (Å²) in [7, 11) is 1.54. The summed E-state index contributed by atoms with van der Waals surface area (Å²) in [5.74, 6) is 1.35. The molecular weight excluding hydrogens is 426 g/mol. The van der Waals surface area contributed by atoms with Gasteiger partial charge in [0, 0.05) is 5.56 Å². The fourth-order valence-corrected chi connectivity index (χ4v) is 4.47. The summed E-state index contributed by atoms with van der Waals surface area (Å²) in [6, 6.07) is 17.9. The Morgan fingerprint density at radius 2 is 1.69 bits per heavy atom. The molecule has 6 nitrogen and oxygen atoms in total. The molecular formula is C25H23NO5S. The molecule has 7 heteroatoms. The smallest absolute Gasteiger partial charge is 0.272 e. The van der Waals surface area contributed by atoms with Crippen molar-refractivity contribution >= 4 is 34.8 Å². The van der Waals surface area contributed by atoms with E-state index < -0.39 is 5.91 Å². The molecule has 0 saturated heterocycles. The molecule has 1 aliphatic rings. The lowest BCUT2D eigenvalue weighted by Crippen LogP contribution is -2.31. The normalized spacial score (nSPS) is 13.8. The van der Waals surface area contributed by atoms with Crippen LogP contribution in [0.25, 0.3) is 5.57 Å². The predicted octanol–water partition coefficient (Wildman–Crippen LogP) is 5.29. The van der Waals surface area contributed by atoms with Crippen LogP contribution < -0.4 is 14.4 Å². The van der Waals surface area contributed by atoms with Crippen molar-refractivity contribution in [2.24, 2.45) is 0 Å². The standard InChI is InChI=1S/C25H23NO5S/c1-3-14-31-21-13-7-5-11-19(21)26-24(27)22(18-10-4-6-12-20(18)29-2)23(25(26)28)32-16-17-9-8-15-30-17/h4-13,15H,3,14,16H2,1-2H3. The molecule has 0 saturated carbocycles. The van der Waals surface area contributed by atoms with Gasteiger partial charge in [0.2, 0.25) is 0 Å². The summed E-state index contributed by atoms with van der Waals surface area (Å²) >= 11 is 1.28. The van der Waals surface area contributed by atoms with E-state index in [1.165, 1.54) is 16.7 Å². The zero-order valence-corrected chi connectivity index (χ0v) is 18.7. The number of hydrogen-bond donors (Lipinski definition) is 0. The Morgan fingerprint density at radius 1 is 0.938 bits per heavy atom. The van der Waals surface area contributed by atoms with Crippen LogP contribution in [0.5, 0.6) is 11.5 Å². The highest BCUT2D eigenvalue weighted by Crippen LogP contribution is 2.44. The van der Waals surface area contributed by atoms with Crippen LogP contribution in [0.15, 0.2) is 76.2 Å². The molecule has 0 unspecified atom stereocenters. The third-order valence-corrected chi connectivity index (χ3v) is 6.02. The Bertz CT molecular complexity index is 1150. The molecule has 32 heavy (non-hydrogen) atoms. The van der Waals surface area contributed by atoms with Gasteiger partial charge >= 0.3 is 0 Å². The van der Waals surface area contributed by atoms with Crippen LogP contribution in [-0.2, 0) is 15.3 Å². The van der Waals surface area contributed by atoms with Gasteiger partial charge in [-0.05, 0) is 36.8 Å². The Hall–Kier alpha value is -3.45. The van der Waals surface area contributed by atoms with Crippen molar-refractivity contribution in [3.63, 3.8) is 0 Å². The monoisotopic (exact) mass is 449 g/mol. The highest BCUT2D eigenvalue weighted by Gasteiger charge is 2.42. The lowest BCUT2D eigenvalue weighted by molar-refractivity contribution is -0.119. The van der Waals surface area contributed by atoms with E-state index in [2.05, 4.69) is 0 Å². The van der Waals surface area contributed by atoms with E-state index in [-0.39, 0.29) is 5.91 Å². The number of benzene rings is 2. The highest BCUT2D eigenvalue weighted by atomic mass is 32.2. The third-order valence-electron chi connectivity index (χ3n) is 4.92. The van der Waals surface area contributed by atoms with Gasteiger partial charge < -0.3 is 13.9 Å². The van der Waals surface area contributed by atoms with E-state index in [9.17, 15) is 9.59 Å². The van der Waals surface area contributed by atoms with Gasteiger partial charge in [0.15, 0.2) is 0 Å². The van der Waals surface area contributed by atoms with Gasteiger partial charge in [-0.2, -0.15) is 0 Å². The van der Waals surface area contributed by atoms with Crippen molar-refractivity contribution in [1.82, 2.24) is 0 Å². The summed E-state index contributed by atoms with van der Waals surface area (Å²) in [6.45, 7) is 2.49. The number of hydrogen-bond acceptors (Lipinski definition) is 6. The molecule has 164 valence electrons. The first-order valence-electron chi connectivity index (χ1n) is 10.3. The number of methoxy groups -OCH3 is 1. The zero-order valence-electron chi connectivity index (χ0n) is 17.9. The van der Waals surface area contributed by atoms with E-state index in [4.69, 9.17) is 13.9 Å². The molecule has 3 aromatic rings. The van der Waals surface area contributed by atoms with Crippen LogP contribution in [0.3, 0.4) is 0 Å². The highest BCUT2D eigenvalue weighted by molar-refractivity contribution is 8.03. The van der Waals surface area contributed by atoms with Crippen LogP contribution in [0.4, 0.5) is 5.69 Å². The topological polar surface area (TPSA) is 69.0 Å². The molecule has 0 spiro atoms. The molecule has 2 amide bonds. The third kappa shape index (κ3) is 4.16. The number of carbonyl (C=O) groups excluding carboxylic acids is 2. The minimum absolute atomic E-state index is 0.314. The minimum Gasteiger partial charge on any atom is -0.496 e. The summed E-state index contributed by atoms with van der Waals surface area (Å²) < 4.78 is 16.7. The Morgan fingerprint density at radius 3 is 2.41 bits per heavy atom. The van der Waals surface area contributed by atoms with Crippen LogP contribution in [0.1, 0.15) is 24.7 Å². The molecule has 2 aromatic carbocycles. The van der Waals surface area contributed by atoms with E-state index in [0.717, 1.165) is 6.42 Å². The maximum Gasteiger partial charge on any atom is 0.272 e. The van der Waals surface area contributed by atoms with Crippen molar-refractivity contribution in [3.05, 3.63) is 83.2 Å². The molecule has 0 N–H and O–H groups in total. The van der Waals surface area contributed by atoms with Gasteiger partial charge in [-0.25, -0.2) is 4.90 Å². The van der Waals surface area contributed by atoms with Crippen LogP contribution in [0.2, 0.25) is 0 Å². The van der Waals surface area contributed by atoms with E-state index >= 15 is 0 Å². The number of furan rings is 1. The molecule has 0 atom stereocenters. The van der Waals surface area contributed by atoms with E-state index in [0.29, 0.717) is 51.3 Å². The first-order valence-corrected chi connectivity index (χ1v) is 11.3. The molecule has 0 fully saturated rings. The largest absolute Gasteiger partial charge is 0.496 e. The Labute approximate surface area is 190 Å². The van der Waals surface area contributed by atoms with Gasteiger partial charge in [-0.3, -0.25) is 9.59 Å². The number of amides is 2. The summed E-state index contributed by atoms with van der Waals surface area (Å²) in [6.07, 6.45) is 2.39. The molecule has 4 rings (SSSR count). The first kappa shape index (κ1) is 21.8. The second-order valence-electron chi connectivity index (χ2n) is 7.03. The lowest BCUT2D eigenvalue weighted by atomic mass is 10.0. The fourth-order valence-electron chi connectivity index (χ4n) is 3.47. The van der Waals surface area contributed by atoms with Gasteiger partial charge in [0.1, 0.15) is 17.3 Å². The number of thioether (sulfide) groups is 1. The number of anilines is 1. The zero-order chi connectivity index (χ0) is 22.5. The summed E-state index contributed by atoms with van der Waals surface area (Å²) in [5.41, 5.74) is 1.32. The fraction of sp³-hybridized carbons (Fsp3) is 0.200. The Balaban J connectivity index is 1.78. The van der Waals surface area contributed by atoms with Crippen molar-refractivity contribution in [2.75, 3.05) is 18.6 Å². The quantitative estimate of drug-likeness (QED) is 0.413. The Kier molecular flexibility index (Phi) is 6.66. The van der Waals surface area contributed by atoms with Crippen molar-refractivity contribution in [2.45, 2.75) is 19.1 Å². The van der Waals surface area contributed by atoms with Gasteiger partial charge in [0.25, 0.3) is 11.8 Å². The summed E-state index contributed by atoms with van der Waals surface area (Å²) in [4.78, 5) is 28.8. The number of nitrogens with zero attached hydrogens (tertiary/aromatic N) is 1. The second-order valence-corrected chi connectivity index (χ2v) is 8.02. The number of imide groups is 1. The molecule has 0 aliphatic carbocycles. The second kappa shape index (κ2) is 9.78. The molecule has 1 aliphatic heterocycles. The van der Waals surface area contributed by atoms with Gasteiger partial charge in [-0.15, -0.1) is 11.8 Å². The van der Waals surface area contributed by atoms with Crippen molar-refractivity contribution in [1.29, 1.82) is 0 Å². The number of carbonyl (C=O) groups is 2. The van der Waals surface area contributed by atoms with E-state index in [1.54, 1.807) is 49.8 Å². The number of rotatable bonds is 9. The maximum atomic E-state index is 13.7. The minimum atomic E-state index is -0.408. The lowest BCUT2D eigenvalue weighted by Gasteiger charge is -2.19. The van der Waals surface area contributed by atoms with Crippen molar-refractivity contribution in [3.8, 4) is 11.5 Å². The maximum absolute atomic E-state index is 13.7. The average molecular weight is 450 g/mol. The van der Waals surface area contributed by atoms with Crippen LogP contribution >= 0.6 is 11.8 Å². The number of ether oxygens (including phenoxy) is 2. The van der Waals surface area contributed by atoms with Crippen LogP contribution in [-0.4, -0.2) is 25.5 Å². The molecule has 1 aromatic heterocycles. The first-order chi connectivity index (χ1) is 15.7. The predicted molar refractivity (Wildman–Crippen MR) is 125 cm³/mol.